The SMILES string of the molecule is CS(=O)(=O)c1ccccc1S(=O)(=O)Cc1ccc(F)cc1Cl. The number of hydrogen-bond acceptors (Lipinski definition) is 4. The zero-order valence-electron chi connectivity index (χ0n) is 11.5. The van der Waals surface area contributed by atoms with E-state index in [9.17, 15) is 21.2 Å². The molecule has 118 valence electrons. The Bertz CT molecular complexity index is 922. The third-order valence-corrected chi connectivity index (χ3v) is 6.30. The molecule has 0 aliphatic carbocycles. The van der Waals surface area contributed by atoms with Crippen LogP contribution < -0.4 is 0 Å². The zero-order chi connectivity index (χ0) is 16.5. The van der Waals surface area contributed by atoms with E-state index in [1.165, 1.54) is 30.3 Å². The molecular formula is C14H12ClFO4S2. The molecule has 0 N–H and O–H groups in total. The number of benzene rings is 2. The Labute approximate surface area is 133 Å². The second-order valence-electron chi connectivity index (χ2n) is 4.71. The van der Waals surface area contributed by atoms with Crippen LogP contribution in [0.4, 0.5) is 4.39 Å². The van der Waals surface area contributed by atoms with Crippen LogP contribution in [0.15, 0.2) is 52.3 Å². The lowest BCUT2D eigenvalue weighted by atomic mass is 10.2. The van der Waals surface area contributed by atoms with Gasteiger partial charge in [0, 0.05) is 11.3 Å². The van der Waals surface area contributed by atoms with E-state index in [2.05, 4.69) is 0 Å². The molecule has 0 unspecified atom stereocenters. The molecule has 0 aliphatic rings. The molecular weight excluding hydrogens is 351 g/mol. The monoisotopic (exact) mass is 362 g/mol. The van der Waals surface area contributed by atoms with Crippen molar-refractivity contribution in [2.45, 2.75) is 15.5 Å². The summed E-state index contributed by atoms with van der Waals surface area (Å²) in [6.45, 7) is 0. The van der Waals surface area contributed by atoms with Crippen LogP contribution in [0.1, 0.15) is 5.56 Å². The molecule has 0 saturated heterocycles. The predicted octanol–water partition coefficient (Wildman–Crippen LogP) is 2.86. The van der Waals surface area contributed by atoms with E-state index in [4.69, 9.17) is 11.6 Å². The van der Waals surface area contributed by atoms with Crippen LogP contribution in [0, 0.1) is 5.82 Å². The lowest BCUT2D eigenvalue weighted by Gasteiger charge is -2.10. The van der Waals surface area contributed by atoms with E-state index in [1.807, 2.05) is 0 Å². The van der Waals surface area contributed by atoms with E-state index in [1.54, 1.807) is 0 Å². The van der Waals surface area contributed by atoms with Gasteiger partial charge in [0.2, 0.25) is 0 Å². The fourth-order valence-corrected chi connectivity index (χ4v) is 5.32. The van der Waals surface area contributed by atoms with Gasteiger partial charge in [-0.2, -0.15) is 0 Å². The van der Waals surface area contributed by atoms with Crippen molar-refractivity contribution < 1.29 is 21.2 Å². The molecule has 0 heterocycles. The Hall–Kier alpha value is -1.44. The third kappa shape index (κ3) is 3.66. The van der Waals surface area contributed by atoms with Crippen LogP contribution >= 0.6 is 11.6 Å². The molecule has 0 aromatic heterocycles. The third-order valence-electron chi connectivity index (χ3n) is 2.94. The van der Waals surface area contributed by atoms with Gasteiger partial charge in [0.15, 0.2) is 19.7 Å². The van der Waals surface area contributed by atoms with Crippen LogP contribution in [0.3, 0.4) is 0 Å². The van der Waals surface area contributed by atoms with Crippen LogP contribution in [-0.4, -0.2) is 23.1 Å². The Morgan fingerprint density at radius 2 is 1.59 bits per heavy atom. The van der Waals surface area contributed by atoms with Gasteiger partial charge < -0.3 is 0 Å². The number of sulfone groups is 2. The summed E-state index contributed by atoms with van der Waals surface area (Å²) < 4.78 is 61.4. The molecule has 0 bridgehead atoms. The number of hydrogen-bond donors (Lipinski definition) is 0. The molecule has 0 atom stereocenters. The highest BCUT2D eigenvalue weighted by Crippen LogP contribution is 2.27. The van der Waals surface area contributed by atoms with Crippen molar-refractivity contribution in [3.8, 4) is 0 Å². The molecule has 22 heavy (non-hydrogen) atoms. The van der Waals surface area contributed by atoms with E-state index in [0.717, 1.165) is 18.4 Å². The normalized spacial score (nSPS) is 12.3. The van der Waals surface area contributed by atoms with E-state index >= 15 is 0 Å². The largest absolute Gasteiger partial charge is 0.224 e. The maximum atomic E-state index is 13.0. The Morgan fingerprint density at radius 3 is 2.14 bits per heavy atom. The van der Waals surface area contributed by atoms with Crippen molar-refractivity contribution in [3.63, 3.8) is 0 Å². The van der Waals surface area contributed by atoms with Gasteiger partial charge in [-0.15, -0.1) is 0 Å². The lowest BCUT2D eigenvalue weighted by molar-refractivity contribution is 0.584. The Kier molecular flexibility index (Phi) is 4.60. The highest BCUT2D eigenvalue weighted by molar-refractivity contribution is 7.93. The molecule has 2 aromatic rings. The van der Waals surface area contributed by atoms with Crippen LogP contribution in [0.5, 0.6) is 0 Å². The first-order valence-corrected chi connectivity index (χ1v) is 9.99. The standard InChI is InChI=1S/C14H12ClFO4S2/c1-21(17,18)13-4-2-3-5-14(13)22(19,20)9-10-6-7-11(16)8-12(10)15/h2-8H,9H2,1H3. The summed E-state index contributed by atoms with van der Waals surface area (Å²) in [5.74, 6) is -1.10. The molecule has 4 nitrogen and oxygen atoms in total. The van der Waals surface area contributed by atoms with Crippen molar-refractivity contribution in [3.05, 3.63) is 58.9 Å². The summed E-state index contributed by atoms with van der Waals surface area (Å²) in [6.07, 6.45) is 0.937. The van der Waals surface area contributed by atoms with Gasteiger partial charge in [-0.05, 0) is 29.8 Å². The van der Waals surface area contributed by atoms with Gasteiger partial charge in [-0.1, -0.05) is 29.8 Å². The molecule has 0 saturated carbocycles. The first kappa shape index (κ1) is 16.9. The van der Waals surface area contributed by atoms with Crippen molar-refractivity contribution in [1.82, 2.24) is 0 Å². The van der Waals surface area contributed by atoms with E-state index < -0.39 is 31.2 Å². The average molecular weight is 363 g/mol. The minimum atomic E-state index is -3.95. The maximum Gasteiger partial charge on any atom is 0.183 e. The lowest BCUT2D eigenvalue weighted by Crippen LogP contribution is -2.11. The van der Waals surface area contributed by atoms with Crippen molar-refractivity contribution >= 4 is 31.3 Å². The van der Waals surface area contributed by atoms with Gasteiger partial charge in [0.05, 0.1) is 15.5 Å². The second kappa shape index (κ2) is 5.98. The summed E-state index contributed by atoms with van der Waals surface area (Å²) >= 11 is 5.83. The predicted molar refractivity (Wildman–Crippen MR) is 81.9 cm³/mol. The van der Waals surface area contributed by atoms with Crippen LogP contribution in [-0.2, 0) is 25.4 Å². The summed E-state index contributed by atoms with van der Waals surface area (Å²) in [7, 11) is -7.65. The Morgan fingerprint density at radius 1 is 1.00 bits per heavy atom. The fraction of sp³-hybridized carbons (Fsp3) is 0.143. The minimum Gasteiger partial charge on any atom is -0.224 e. The summed E-state index contributed by atoms with van der Waals surface area (Å²) in [5, 5.41) is -0.0274. The summed E-state index contributed by atoms with van der Waals surface area (Å²) in [5.41, 5.74) is 0.200. The van der Waals surface area contributed by atoms with Crippen molar-refractivity contribution in [2.75, 3.05) is 6.26 Å². The van der Waals surface area contributed by atoms with Gasteiger partial charge in [-0.25, -0.2) is 21.2 Å². The average Bonchev–Trinajstić information content (AvgIpc) is 2.41. The fourth-order valence-electron chi connectivity index (χ4n) is 1.93. The maximum absolute atomic E-state index is 13.0. The molecule has 0 spiro atoms. The number of rotatable bonds is 4. The molecule has 2 rings (SSSR count). The summed E-state index contributed by atoms with van der Waals surface area (Å²) in [6, 6.07) is 8.71. The van der Waals surface area contributed by atoms with E-state index in [-0.39, 0.29) is 20.4 Å². The van der Waals surface area contributed by atoms with Gasteiger partial charge in [0.1, 0.15) is 5.82 Å². The number of halogens is 2. The first-order valence-electron chi connectivity index (χ1n) is 6.07. The zero-order valence-corrected chi connectivity index (χ0v) is 13.8. The molecule has 0 amide bonds. The smallest absolute Gasteiger partial charge is 0.183 e. The second-order valence-corrected chi connectivity index (χ2v) is 9.06. The quantitative estimate of drug-likeness (QED) is 0.838. The Balaban J connectivity index is 2.53. The highest BCUT2D eigenvalue weighted by Gasteiger charge is 2.24. The van der Waals surface area contributed by atoms with E-state index in [0.29, 0.717) is 0 Å². The molecule has 0 aliphatic heterocycles. The topological polar surface area (TPSA) is 68.3 Å². The van der Waals surface area contributed by atoms with Crippen molar-refractivity contribution in [1.29, 1.82) is 0 Å². The molecule has 0 radical (unpaired) electrons. The molecule has 0 fully saturated rings. The molecule has 8 heteroatoms. The summed E-state index contributed by atoms with van der Waals surface area (Å²) in [4.78, 5) is -0.564. The minimum absolute atomic E-state index is 0.0274. The van der Waals surface area contributed by atoms with Crippen LogP contribution in [0.2, 0.25) is 5.02 Å². The molecule has 2 aromatic carbocycles. The van der Waals surface area contributed by atoms with Gasteiger partial charge in [-0.3, -0.25) is 0 Å². The van der Waals surface area contributed by atoms with Crippen molar-refractivity contribution in [2.24, 2.45) is 0 Å². The van der Waals surface area contributed by atoms with Gasteiger partial charge >= 0.3 is 0 Å². The highest BCUT2D eigenvalue weighted by atomic mass is 35.5. The van der Waals surface area contributed by atoms with Gasteiger partial charge in [0.25, 0.3) is 0 Å². The first-order chi connectivity index (χ1) is 10.1. The van der Waals surface area contributed by atoms with Crippen LogP contribution in [0.25, 0.3) is 0 Å².